The molecule has 0 bridgehead atoms. The largest absolute Gasteiger partial charge is 0.465 e. The molecule has 0 saturated carbocycles. The van der Waals surface area contributed by atoms with E-state index in [1.165, 1.54) is 12.7 Å². The molecule has 3 N–H and O–H groups in total. The van der Waals surface area contributed by atoms with Gasteiger partial charge in [-0.3, -0.25) is 5.10 Å². The molecule has 7 nitrogen and oxygen atoms in total. The third-order valence-electron chi connectivity index (χ3n) is 5.49. The summed E-state index contributed by atoms with van der Waals surface area (Å²) in [5.41, 5.74) is 11.2. The molecular weight excluding hydrogens is 404 g/mol. The SMILES string of the molecule is COC(=O)c1ccc([C@@H]2C(C#N)=C(N)Oc3n[nH]c(-c4ccc(CC(C)C)cc4)c32)cc1. The van der Waals surface area contributed by atoms with Crippen molar-refractivity contribution in [3.8, 4) is 23.2 Å². The smallest absolute Gasteiger partial charge is 0.337 e. The van der Waals surface area contributed by atoms with Crippen LogP contribution in [0.4, 0.5) is 0 Å². The monoisotopic (exact) mass is 428 g/mol. The number of nitrogens with zero attached hydrogens (tertiary/aromatic N) is 2. The highest BCUT2D eigenvalue weighted by atomic mass is 16.5. The molecule has 0 amide bonds. The Kier molecular flexibility index (Phi) is 5.69. The Morgan fingerprint density at radius 3 is 2.50 bits per heavy atom. The molecule has 0 radical (unpaired) electrons. The van der Waals surface area contributed by atoms with E-state index in [1.54, 1.807) is 24.3 Å². The number of hydrogen-bond acceptors (Lipinski definition) is 6. The highest BCUT2D eigenvalue weighted by molar-refractivity contribution is 5.89. The van der Waals surface area contributed by atoms with Crippen LogP contribution in [0.3, 0.4) is 0 Å². The first kappa shape index (κ1) is 21.2. The molecule has 0 saturated heterocycles. The quantitative estimate of drug-likeness (QED) is 0.586. The van der Waals surface area contributed by atoms with Gasteiger partial charge in [-0.2, -0.15) is 5.26 Å². The Morgan fingerprint density at radius 1 is 1.22 bits per heavy atom. The molecule has 32 heavy (non-hydrogen) atoms. The summed E-state index contributed by atoms with van der Waals surface area (Å²) in [5.74, 6) is 0.0137. The van der Waals surface area contributed by atoms with Gasteiger partial charge >= 0.3 is 5.97 Å². The van der Waals surface area contributed by atoms with Gasteiger partial charge in [0.2, 0.25) is 11.8 Å². The second kappa shape index (κ2) is 8.60. The van der Waals surface area contributed by atoms with E-state index in [2.05, 4.69) is 42.2 Å². The van der Waals surface area contributed by atoms with Crippen LogP contribution in [0.1, 0.15) is 46.8 Å². The number of ether oxygens (including phenoxy) is 2. The minimum Gasteiger partial charge on any atom is -0.465 e. The second-order valence-electron chi connectivity index (χ2n) is 8.15. The average molecular weight is 428 g/mol. The molecule has 3 aromatic rings. The minimum absolute atomic E-state index is 0.0207. The van der Waals surface area contributed by atoms with E-state index in [9.17, 15) is 10.1 Å². The zero-order valence-corrected chi connectivity index (χ0v) is 18.2. The highest BCUT2D eigenvalue weighted by Crippen LogP contribution is 2.45. The second-order valence-corrected chi connectivity index (χ2v) is 8.15. The van der Waals surface area contributed by atoms with Crippen LogP contribution >= 0.6 is 0 Å². The molecule has 0 fully saturated rings. The number of methoxy groups -OCH3 is 1. The fourth-order valence-electron chi connectivity index (χ4n) is 4.01. The van der Waals surface area contributed by atoms with Gasteiger partial charge in [-0.25, -0.2) is 4.79 Å². The number of nitrogens with one attached hydrogen (secondary N) is 1. The maximum Gasteiger partial charge on any atom is 0.337 e. The third kappa shape index (κ3) is 3.83. The van der Waals surface area contributed by atoms with E-state index >= 15 is 0 Å². The van der Waals surface area contributed by atoms with Gasteiger partial charge in [0, 0.05) is 5.56 Å². The van der Waals surface area contributed by atoms with Crippen molar-refractivity contribution in [2.75, 3.05) is 7.11 Å². The van der Waals surface area contributed by atoms with Gasteiger partial charge in [-0.1, -0.05) is 50.2 Å². The zero-order chi connectivity index (χ0) is 22.8. The lowest BCUT2D eigenvalue weighted by atomic mass is 9.82. The van der Waals surface area contributed by atoms with Crippen LogP contribution in [-0.4, -0.2) is 23.3 Å². The average Bonchev–Trinajstić information content (AvgIpc) is 3.21. The standard InChI is InChI=1S/C25H24N4O3/c1-14(2)12-15-4-6-17(7-5-15)22-21-20(16-8-10-18(11-9-16)25(30)31-3)19(13-26)23(27)32-24(21)29-28-22/h4-11,14,20H,12,27H2,1-3H3,(H,28,29)/t20-/m1/s1. The number of H-pyrrole nitrogens is 1. The number of carbonyl (C=O) groups excluding carboxylic acids is 1. The molecule has 1 aliphatic rings. The lowest BCUT2D eigenvalue weighted by Crippen LogP contribution is -2.21. The fourth-order valence-corrected chi connectivity index (χ4v) is 4.01. The Bertz CT molecular complexity index is 1220. The Hall–Kier alpha value is -4.05. The number of esters is 1. The van der Waals surface area contributed by atoms with Gasteiger partial charge in [0.05, 0.1) is 29.8 Å². The van der Waals surface area contributed by atoms with E-state index in [1.807, 2.05) is 12.1 Å². The van der Waals surface area contributed by atoms with Crippen molar-refractivity contribution in [2.45, 2.75) is 26.2 Å². The van der Waals surface area contributed by atoms with Crippen LogP contribution < -0.4 is 10.5 Å². The Morgan fingerprint density at radius 2 is 1.91 bits per heavy atom. The molecule has 0 aliphatic carbocycles. The number of hydrogen-bond donors (Lipinski definition) is 2. The highest BCUT2D eigenvalue weighted by Gasteiger charge is 2.35. The molecule has 1 atom stereocenters. The van der Waals surface area contributed by atoms with E-state index in [-0.39, 0.29) is 5.88 Å². The molecule has 0 spiro atoms. The maximum atomic E-state index is 11.8. The number of carbonyl (C=O) groups is 1. The number of benzene rings is 2. The summed E-state index contributed by atoms with van der Waals surface area (Å²) in [5, 5.41) is 17.2. The van der Waals surface area contributed by atoms with Gasteiger partial charge in [0.25, 0.3) is 0 Å². The van der Waals surface area contributed by atoms with Crippen molar-refractivity contribution in [1.82, 2.24) is 10.2 Å². The first-order valence-corrected chi connectivity index (χ1v) is 10.4. The van der Waals surface area contributed by atoms with Crippen LogP contribution in [0.5, 0.6) is 5.88 Å². The number of aromatic amines is 1. The summed E-state index contributed by atoms with van der Waals surface area (Å²) in [6.07, 6.45) is 0.998. The van der Waals surface area contributed by atoms with Gasteiger partial charge in [0.15, 0.2) is 0 Å². The van der Waals surface area contributed by atoms with Crippen molar-refractivity contribution >= 4 is 5.97 Å². The van der Waals surface area contributed by atoms with Crippen LogP contribution in [0.15, 0.2) is 60.0 Å². The molecule has 2 heterocycles. The van der Waals surface area contributed by atoms with Crippen LogP contribution in [0.2, 0.25) is 0 Å². The number of fused-ring (bicyclic) bond motifs is 1. The van der Waals surface area contributed by atoms with E-state index in [4.69, 9.17) is 15.2 Å². The third-order valence-corrected chi connectivity index (χ3v) is 5.49. The Labute approximate surface area is 186 Å². The van der Waals surface area contributed by atoms with Crippen LogP contribution in [-0.2, 0) is 11.2 Å². The summed E-state index contributed by atoms with van der Waals surface area (Å²) >= 11 is 0. The van der Waals surface area contributed by atoms with Gasteiger partial charge < -0.3 is 15.2 Å². The summed E-state index contributed by atoms with van der Waals surface area (Å²) < 4.78 is 10.4. The van der Waals surface area contributed by atoms with Crippen molar-refractivity contribution < 1.29 is 14.3 Å². The van der Waals surface area contributed by atoms with Crippen molar-refractivity contribution in [3.63, 3.8) is 0 Å². The van der Waals surface area contributed by atoms with Crippen molar-refractivity contribution in [1.29, 1.82) is 5.26 Å². The number of rotatable bonds is 5. The molecular formula is C25H24N4O3. The van der Waals surface area contributed by atoms with E-state index in [0.29, 0.717) is 22.9 Å². The maximum absolute atomic E-state index is 11.8. The number of allylic oxidation sites excluding steroid dienone is 1. The van der Waals surface area contributed by atoms with Gasteiger partial charge in [0.1, 0.15) is 11.6 Å². The molecule has 1 aliphatic heterocycles. The number of nitrogens with two attached hydrogens (primary N) is 1. The number of aromatic nitrogens is 2. The summed E-state index contributed by atoms with van der Waals surface area (Å²) in [4.78, 5) is 11.8. The normalized spacial score (nSPS) is 15.2. The van der Waals surface area contributed by atoms with Crippen molar-refractivity contribution in [2.24, 2.45) is 11.7 Å². The summed E-state index contributed by atoms with van der Waals surface area (Å²) in [6.45, 7) is 4.37. The summed E-state index contributed by atoms with van der Waals surface area (Å²) in [6, 6.07) is 17.4. The minimum atomic E-state index is -0.487. The Balaban J connectivity index is 1.80. The predicted molar refractivity (Wildman–Crippen MR) is 120 cm³/mol. The first-order valence-electron chi connectivity index (χ1n) is 10.4. The first-order chi connectivity index (χ1) is 15.4. The molecule has 162 valence electrons. The van der Waals surface area contributed by atoms with Gasteiger partial charge in [-0.15, -0.1) is 5.10 Å². The molecule has 4 rings (SSSR count). The van der Waals surface area contributed by atoms with E-state index in [0.717, 1.165) is 28.8 Å². The van der Waals surface area contributed by atoms with Gasteiger partial charge in [-0.05, 0) is 35.6 Å². The van der Waals surface area contributed by atoms with E-state index < -0.39 is 11.9 Å². The lowest BCUT2D eigenvalue weighted by Gasteiger charge is -2.24. The molecule has 7 heteroatoms. The molecule has 1 aromatic heterocycles. The lowest BCUT2D eigenvalue weighted by molar-refractivity contribution is 0.0600. The van der Waals surface area contributed by atoms with Crippen molar-refractivity contribution in [3.05, 3.63) is 82.2 Å². The van der Waals surface area contributed by atoms with Crippen LogP contribution in [0, 0.1) is 17.2 Å². The molecule has 2 aromatic carbocycles. The zero-order valence-electron chi connectivity index (χ0n) is 18.2. The predicted octanol–water partition coefficient (Wildman–Crippen LogP) is 4.28. The van der Waals surface area contributed by atoms with Crippen LogP contribution in [0.25, 0.3) is 11.3 Å². The number of nitriles is 1. The summed E-state index contributed by atoms with van der Waals surface area (Å²) in [7, 11) is 1.34. The fraction of sp³-hybridized carbons (Fsp3) is 0.240. The molecule has 0 unspecified atom stereocenters. The topological polar surface area (TPSA) is 114 Å².